The largest absolute Gasteiger partial charge is 0.497 e. The van der Waals surface area contributed by atoms with Crippen molar-refractivity contribution < 1.29 is 13.2 Å². The topological polar surface area (TPSA) is 79.5 Å². The number of benzene rings is 2. The van der Waals surface area contributed by atoms with Crippen LogP contribution >= 0.6 is 11.3 Å². The van der Waals surface area contributed by atoms with Crippen molar-refractivity contribution in [3.8, 4) is 5.75 Å². The van der Waals surface area contributed by atoms with Crippen LogP contribution in [0.3, 0.4) is 0 Å². The molecule has 0 radical (unpaired) electrons. The third-order valence-electron chi connectivity index (χ3n) is 5.58. The Morgan fingerprint density at radius 2 is 1.78 bits per heavy atom. The summed E-state index contributed by atoms with van der Waals surface area (Å²) < 4.78 is 33.5. The summed E-state index contributed by atoms with van der Waals surface area (Å²) in [7, 11) is -2.32. The molecule has 166 valence electrons. The Morgan fingerprint density at radius 1 is 1.03 bits per heavy atom. The lowest BCUT2D eigenvalue weighted by Gasteiger charge is -2.22. The summed E-state index contributed by atoms with van der Waals surface area (Å²) in [5.74, 6) is 0.574. The molecule has 1 N–H and O–H groups in total. The second-order valence-corrected chi connectivity index (χ2v) is 10.6. The van der Waals surface area contributed by atoms with Gasteiger partial charge < -0.3 is 9.72 Å². The maximum atomic E-state index is 13.5. The smallest absolute Gasteiger partial charge is 0.252 e. The second-order valence-electron chi connectivity index (χ2n) is 7.62. The van der Waals surface area contributed by atoms with Crippen LogP contribution in [0.4, 0.5) is 0 Å². The molecule has 0 unspecified atom stereocenters. The molecule has 2 aromatic carbocycles. The first-order chi connectivity index (χ1) is 15.3. The number of thiophene rings is 1. The first-order valence-corrected chi connectivity index (χ1v) is 12.4. The zero-order valence-electron chi connectivity index (χ0n) is 18.1. The Kier molecular flexibility index (Phi) is 6.19. The summed E-state index contributed by atoms with van der Waals surface area (Å²) in [6.07, 6.45) is 0. The Labute approximate surface area is 191 Å². The van der Waals surface area contributed by atoms with Crippen LogP contribution in [0.15, 0.2) is 69.7 Å². The number of hydrogen-bond acceptors (Lipinski definition) is 5. The number of nitrogens with one attached hydrogen (secondary N) is 1. The van der Waals surface area contributed by atoms with Gasteiger partial charge in [-0.2, -0.15) is 4.31 Å². The Bertz CT molecular complexity index is 1410. The van der Waals surface area contributed by atoms with E-state index in [1.54, 1.807) is 18.2 Å². The zero-order chi connectivity index (χ0) is 22.9. The molecule has 0 atom stereocenters. The standard InChI is InChI=1S/C24H24N2O4S2/c1-16-6-7-18-13-19(24(27)25-23(18)17(16)2)14-26(15-21-5-4-12-31-21)32(28,29)22-10-8-20(30-3)9-11-22/h4-13H,14-15H2,1-3H3,(H,25,27). The number of sulfonamides is 1. The monoisotopic (exact) mass is 468 g/mol. The third-order valence-corrected chi connectivity index (χ3v) is 8.25. The van der Waals surface area contributed by atoms with E-state index in [1.165, 1.54) is 34.9 Å². The van der Waals surface area contributed by atoms with E-state index in [4.69, 9.17) is 4.74 Å². The molecule has 0 saturated carbocycles. The molecule has 4 rings (SSSR count). The van der Waals surface area contributed by atoms with E-state index in [-0.39, 0.29) is 23.5 Å². The minimum absolute atomic E-state index is 0.0372. The highest BCUT2D eigenvalue weighted by molar-refractivity contribution is 7.89. The lowest BCUT2D eigenvalue weighted by molar-refractivity contribution is 0.401. The number of ether oxygens (including phenoxy) is 1. The SMILES string of the molecule is COc1ccc(S(=O)(=O)N(Cc2cccs2)Cc2cc3ccc(C)c(C)c3[nH]c2=O)cc1. The maximum absolute atomic E-state index is 13.5. The first-order valence-electron chi connectivity index (χ1n) is 10.1. The van der Waals surface area contributed by atoms with E-state index in [1.807, 2.05) is 43.5 Å². The minimum Gasteiger partial charge on any atom is -0.497 e. The molecule has 0 aliphatic carbocycles. The van der Waals surface area contributed by atoms with Gasteiger partial charge in [0.2, 0.25) is 10.0 Å². The summed E-state index contributed by atoms with van der Waals surface area (Å²) in [5.41, 5.74) is 2.98. The molecule has 0 bridgehead atoms. The van der Waals surface area contributed by atoms with Gasteiger partial charge in [0.05, 0.1) is 17.5 Å². The van der Waals surface area contributed by atoms with Crippen LogP contribution in [0.5, 0.6) is 5.75 Å². The van der Waals surface area contributed by atoms with Gasteiger partial charge in [0.1, 0.15) is 5.75 Å². The second kappa shape index (κ2) is 8.90. The van der Waals surface area contributed by atoms with Crippen LogP contribution in [0.1, 0.15) is 21.6 Å². The number of nitrogens with zero attached hydrogens (tertiary/aromatic N) is 1. The molecule has 4 aromatic rings. The van der Waals surface area contributed by atoms with Crippen LogP contribution in [0.25, 0.3) is 10.9 Å². The van der Waals surface area contributed by atoms with Crippen molar-refractivity contribution in [2.45, 2.75) is 31.8 Å². The quantitative estimate of drug-likeness (QED) is 0.430. The number of rotatable bonds is 7. The van der Waals surface area contributed by atoms with Gasteiger partial charge in [-0.1, -0.05) is 18.2 Å². The van der Waals surface area contributed by atoms with E-state index in [0.29, 0.717) is 11.3 Å². The average molecular weight is 469 g/mol. The number of H-pyrrole nitrogens is 1. The van der Waals surface area contributed by atoms with Gasteiger partial charge in [-0.15, -0.1) is 11.3 Å². The lowest BCUT2D eigenvalue weighted by Crippen LogP contribution is -2.32. The van der Waals surface area contributed by atoms with Crippen molar-refractivity contribution >= 4 is 32.3 Å². The highest BCUT2D eigenvalue weighted by Gasteiger charge is 2.26. The minimum atomic E-state index is -3.85. The molecule has 0 aliphatic rings. The fourth-order valence-corrected chi connectivity index (χ4v) is 5.77. The number of pyridine rings is 1. The summed E-state index contributed by atoms with van der Waals surface area (Å²) >= 11 is 1.48. The van der Waals surface area contributed by atoms with E-state index in [9.17, 15) is 13.2 Å². The summed E-state index contributed by atoms with van der Waals surface area (Å²) in [4.78, 5) is 16.9. The van der Waals surface area contributed by atoms with Crippen molar-refractivity contribution in [2.75, 3.05) is 7.11 Å². The molecule has 6 nitrogen and oxygen atoms in total. The number of aromatic amines is 1. The molecule has 0 spiro atoms. The summed E-state index contributed by atoms with van der Waals surface area (Å²) in [6.45, 7) is 4.09. The molecule has 0 fully saturated rings. The third kappa shape index (κ3) is 4.34. The fraction of sp³-hybridized carbons (Fsp3) is 0.208. The Balaban J connectivity index is 1.76. The van der Waals surface area contributed by atoms with Gasteiger partial charge in [-0.05, 0) is 72.1 Å². The van der Waals surface area contributed by atoms with E-state index in [0.717, 1.165) is 26.9 Å². The maximum Gasteiger partial charge on any atom is 0.252 e. The Hall–Kier alpha value is -2.94. The number of hydrogen-bond donors (Lipinski definition) is 1. The lowest BCUT2D eigenvalue weighted by atomic mass is 10.0. The number of fused-ring (bicyclic) bond motifs is 1. The van der Waals surface area contributed by atoms with Crippen molar-refractivity contribution in [2.24, 2.45) is 0 Å². The van der Waals surface area contributed by atoms with Crippen LogP contribution < -0.4 is 10.3 Å². The van der Waals surface area contributed by atoms with Crippen molar-refractivity contribution in [1.29, 1.82) is 0 Å². The van der Waals surface area contributed by atoms with Gasteiger partial charge >= 0.3 is 0 Å². The summed E-state index contributed by atoms with van der Waals surface area (Å²) in [5, 5.41) is 2.78. The molecule has 32 heavy (non-hydrogen) atoms. The predicted molar refractivity (Wildman–Crippen MR) is 128 cm³/mol. The van der Waals surface area contributed by atoms with Gasteiger partial charge in [-0.3, -0.25) is 4.79 Å². The zero-order valence-corrected chi connectivity index (χ0v) is 19.7. The van der Waals surface area contributed by atoms with E-state index < -0.39 is 10.0 Å². The molecular weight excluding hydrogens is 444 g/mol. The first kappa shape index (κ1) is 22.3. The molecule has 8 heteroatoms. The van der Waals surface area contributed by atoms with Crippen molar-refractivity contribution in [3.63, 3.8) is 0 Å². The highest BCUT2D eigenvalue weighted by Crippen LogP contribution is 2.25. The van der Waals surface area contributed by atoms with Crippen LogP contribution in [0.2, 0.25) is 0 Å². The van der Waals surface area contributed by atoms with E-state index >= 15 is 0 Å². The van der Waals surface area contributed by atoms with Gasteiger partial charge in [-0.25, -0.2) is 8.42 Å². The van der Waals surface area contributed by atoms with Gasteiger partial charge in [0.15, 0.2) is 0 Å². The average Bonchev–Trinajstić information content (AvgIpc) is 3.30. The number of aromatic nitrogens is 1. The van der Waals surface area contributed by atoms with Crippen LogP contribution in [0, 0.1) is 13.8 Å². The van der Waals surface area contributed by atoms with E-state index in [2.05, 4.69) is 4.98 Å². The van der Waals surface area contributed by atoms with Crippen molar-refractivity contribution in [3.05, 3.63) is 91.9 Å². The summed E-state index contributed by atoms with van der Waals surface area (Å²) in [6, 6.07) is 15.8. The predicted octanol–water partition coefficient (Wildman–Crippen LogP) is 4.61. The normalized spacial score (nSPS) is 11.9. The number of aryl methyl sites for hydroxylation is 2. The molecule has 2 aromatic heterocycles. The molecule has 0 amide bonds. The molecular formula is C24H24N2O4S2. The van der Waals surface area contributed by atoms with Gasteiger partial charge in [0, 0.05) is 23.5 Å². The van der Waals surface area contributed by atoms with Crippen LogP contribution in [-0.4, -0.2) is 24.8 Å². The highest BCUT2D eigenvalue weighted by atomic mass is 32.2. The Morgan fingerprint density at radius 3 is 2.44 bits per heavy atom. The van der Waals surface area contributed by atoms with Crippen LogP contribution in [-0.2, 0) is 23.1 Å². The fourth-order valence-electron chi connectivity index (χ4n) is 3.58. The molecule has 0 aliphatic heterocycles. The molecule has 0 saturated heterocycles. The van der Waals surface area contributed by atoms with Crippen molar-refractivity contribution in [1.82, 2.24) is 9.29 Å². The molecule has 2 heterocycles. The van der Waals surface area contributed by atoms with Gasteiger partial charge in [0.25, 0.3) is 5.56 Å². The number of methoxy groups -OCH3 is 1.